The number of nitrogens with zero attached hydrogens (tertiary/aromatic N) is 1. The predicted molar refractivity (Wildman–Crippen MR) is 100 cm³/mol. The molecule has 0 atom stereocenters. The number of amides is 1. The van der Waals surface area contributed by atoms with Crippen molar-refractivity contribution in [2.24, 2.45) is 0 Å². The molecule has 5 heteroatoms. The topological polar surface area (TPSA) is 61.8 Å². The highest BCUT2D eigenvalue weighted by atomic mass is 16.6. The van der Waals surface area contributed by atoms with Gasteiger partial charge in [-0.15, -0.1) is 0 Å². The maximum absolute atomic E-state index is 11.9. The van der Waals surface area contributed by atoms with Crippen LogP contribution in [0, 0.1) is 0 Å². The lowest BCUT2D eigenvalue weighted by Crippen LogP contribution is -2.45. The van der Waals surface area contributed by atoms with Crippen molar-refractivity contribution in [1.82, 2.24) is 10.2 Å². The van der Waals surface area contributed by atoms with Crippen LogP contribution in [0.4, 0.5) is 4.79 Å². The Kier molecular flexibility index (Phi) is 7.02. The van der Waals surface area contributed by atoms with E-state index in [2.05, 4.69) is 22.3 Å². The first-order chi connectivity index (χ1) is 11.9. The number of carbonyl (C=O) groups excluding carboxylic acids is 1. The molecule has 0 radical (unpaired) electrons. The van der Waals surface area contributed by atoms with Crippen LogP contribution in [0.25, 0.3) is 6.08 Å². The third-order valence-electron chi connectivity index (χ3n) is 4.08. The monoisotopic (exact) mass is 346 g/mol. The van der Waals surface area contributed by atoms with Gasteiger partial charge in [-0.25, -0.2) is 4.79 Å². The summed E-state index contributed by atoms with van der Waals surface area (Å²) in [6.07, 6.45) is 5.22. The normalized spacial score (nSPS) is 17.0. The summed E-state index contributed by atoms with van der Waals surface area (Å²) in [7, 11) is 0. The summed E-state index contributed by atoms with van der Waals surface area (Å²) < 4.78 is 5.32. The molecular weight excluding hydrogens is 316 g/mol. The Labute approximate surface area is 150 Å². The number of benzene rings is 1. The van der Waals surface area contributed by atoms with Crippen LogP contribution in [0.15, 0.2) is 30.3 Å². The highest BCUT2D eigenvalue weighted by molar-refractivity contribution is 5.68. The number of piperidine rings is 1. The Morgan fingerprint density at radius 1 is 1.36 bits per heavy atom. The smallest absolute Gasteiger partial charge is 0.407 e. The largest absolute Gasteiger partial charge is 0.444 e. The van der Waals surface area contributed by atoms with Gasteiger partial charge >= 0.3 is 6.09 Å². The number of hydrogen-bond donors (Lipinski definition) is 2. The van der Waals surface area contributed by atoms with Gasteiger partial charge in [-0.05, 0) is 44.7 Å². The first-order valence-corrected chi connectivity index (χ1v) is 8.94. The average molecular weight is 346 g/mol. The van der Waals surface area contributed by atoms with Gasteiger partial charge in [0.25, 0.3) is 0 Å². The van der Waals surface area contributed by atoms with E-state index in [0.29, 0.717) is 0 Å². The van der Waals surface area contributed by atoms with Crippen LogP contribution >= 0.6 is 0 Å². The van der Waals surface area contributed by atoms with Gasteiger partial charge in [0.2, 0.25) is 0 Å². The van der Waals surface area contributed by atoms with Crippen molar-refractivity contribution in [3.8, 4) is 0 Å². The summed E-state index contributed by atoms with van der Waals surface area (Å²) in [4.78, 5) is 14.3. The number of nitrogens with one attached hydrogen (secondary N) is 1. The number of likely N-dealkylation sites (tertiary alicyclic amines) is 1. The van der Waals surface area contributed by atoms with E-state index in [9.17, 15) is 4.79 Å². The lowest BCUT2D eigenvalue weighted by Gasteiger charge is -2.32. The van der Waals surface area contributed by atoms with Crippen LogP contribution in [0.3, 0.4) is 0 Å². The van der Waals surface area contributed by atoms with Crippen LogP contribution in [0.2, 0.25) is 0 Å². The molecule has 25 heavy (non-hydrogen) atoms. The fraction of sp³-hybridized carbons (Fsp3) is 0.550. The maximum atomic E-state index is 11.9. The second-order valence-corrected chi connectivity index (χ2v) is 7.53. The third kappa shape index (κ3) is 7.28. The molecule has 1 aromatic rings. The zero-order valence-electron chi connectivity index (χ0n) is 15.5. The van der Waals surface area contributed by atoms with Crippen molar-refractivity contribution in [1.29, 1.82) is 0 Å². The van der Waals surface area contributed by atoms with Gasteiger partial charge in [0.1, 0.15) is 5.60 Å². The van der Waals surface area contributed by atoms with E-state index in [0.717, 1.165) is 38.0 Å². The van der Waals surface area contributed by atoms with E-state index >= 15 is 0 Å². The Morgan fingerprint density at radius 2 is 2.08 bits per heavy atom. The summed E-state index contributed by atoms with van der Waals surface area (Å²) in [6, 6.07) is 8.54. The van der Waals surface area contributed by atoms with Gasteiger partial charge in [0, 0.05) is 25.7 Å². The van der Waals surface area contributed by atoms with Crippen LogP contribution in [-0.4, -0.2) is 47.4 Å². The first kappa shape index (κ1) is 19.5. The highest BCUT2D eigenvalue weighted by Gasteiger charge is 2.23. The van der Waals surface area contributed by atoms with Crippen LogP contribution in [-0.2, 0) is 11.3 Å². The molecule has 0 aromatic heterocycles. The highest BCUT2D eigenvalue weighted by Crippen LogP contribution is 2.16. The number of ether oxygens (including phenoxy) is 1. The summed E-state index contributed by atoms with van der Waals surface area (Å²) in [5.74, 6) is 0. The van der Waals surface area contributed by atoms with E-state index in [1.54, 1.807) is 6.08 Å². The fourth-order valence-corrected chi connectivity index (χ4v) is 2.95. The van der Waals surface area contributed by atoms with E-state index in [1.807, 2.05) is 39.0 Å². The molecule has 0 spiro atoms. The number of hydrogen-bond acceptors (Lipinski definition) is 4. The van der Waals surface area contributed by atoms with Crippen LogP contribution < -0.4 is 5.32 Å². The maximum Gasteiger partial charge on any atom is 0.407 e. The molecule has 0 saturated carbocycles. The Balaban J connectivity index is 1.79. The lowest BCUT2D eigenvalue weighted by molar-refractivity contribution is 0.0477. The van der Waals surface area contributed by atoms with Gasteiger partial charge in [-0.3, -0.25) is 4.90 Å². The summed E-state index contributed by atoms with van der Waals surface area (Å²) in [5, 5.41) is 11.8. The number of aliphatic hydroxyl groups excluding tert-OH is 1. The van der Waals surface area contributed by atoms with Crippen molar-refractivity contribution in [2.45, 2.75) is 51.8 Å². The minimum absolute atomic E-state index is 0.0579. The molecule has 0 aliphatic carbocycles. The van der Waals surface area contributed by atoms with Gasteiger partial charge in [-0.2, -0.15) is 0 Å². The van der Waals surface area contributed by atoms with Crippen molar-refractivity contribution >= 4 is 12.2 Å². The zero-order valence-corrected chi connectivity index (χ0v) is 15.5. The van der Waals surface area contributed by atoms with E-state index in [1.165, 1.54) is 5.56 Å². The molecule has 0 bridgehead atoms. The number of carbonyl (C=O) groups is 1. The molecule has 1 fully saturated rings. The molecular formula is C20H30N2O3. The second kappa shape index (κ2) is 9.02. The Morgan fingerprint density at radius 3 is 2.72 bits per heavy atom. The molecule has 1 aromatic carbocycles. The number of alkyl carbamates (subject to hydrolysis) is 1. The van der Waals surface area contributed by atoms with Crippen LogP contribution in [0.5, 0.6) is 0 Å². The SMILES string of the molecule is CC(C)(C)OC(=O)NC1CCN(Cc2cccc(/C=C/CO)c2)CC1. The second-order valence-electron chi connectivity index (χ2n) is 7.53. The van der Waals surface area contributed by atoms with Gasteiger partial charge < -0.3 is 15.2 Å². The Bertz CT molecular complexity index is 585. The molecule has 1 aliphatic rings. The fourth-order valence-electron chi connectivity index (χ4n) is 2.95. The molecule has 1 amide bonds. The minimum atomic E-state index is -0.458. The molecule has 1 saturated heterocycles. The molecule has 138 valence electrons. The summed E-state index contributed by atoms with van der Waals surface area (Å²) in [5.41, 5.74) is 1.91. The first-order valence-electron chi connectivity index (χ1n) is 8.94. The van der Waals surface area contributed by atoms with E-state index < -0.39 is 5.60 Å². The molecule has 1 aliphatic heterocycles. The van der Waals surface area contributed by atoms with E-state index in [4.69, 9.17) is 9.84 Å². The third-order valence-corrected chi connectivity index (χ3v) is 4.08. The predicted octanol–water partition coefficient (Wildman–Crippen LogP) is 3.18. The molecule has 2 N–H and O–H groups in total. The van der Waals surface area contributed by atoms with Gasteiger partial charge in [0.05, 0.1) is 6.61 Å². The van der Waals surface area contributed by atoms with Gasteiger partial charge in [0.15, 0.2) is 0 Å². The molecule has 0 unspecified atom stereocenters. The molecule has 2 rings (SSSR count). The quantitative estimate of drug-likeness (QED) is 0.860. The minimum Gasteiger partial charge on any atom is -0.444 e. The molecule has 1 heterocycles. The average Bonchev–Trinajstić information content (AvgIpc) is 2.53. The van der Waals surface area contributed by atoms with Crippen LogP contribution in [0.1, 0.15) is 44.7 Å². The van der Waals surface area contributed by atoms with Crippen molar-refractivity contribution in [3.63, 3.8) is 0 Å². The summed E-state index contributed by atoms with van der Waals surface area (Å²) in [6.45, 7) is 8.49. The van der Waals surface area contributed by atoms with Crippen molar-refractivity contribution in [3.05, 3.63) is 41.5 Å². The Hall–Kier alpha value is -1.85. The van der Waals surface area contributed by atoms with Crippen molar-refractivity contribution < 1.29 is 14.6 Å². The number of aliphatic hydroxyl groups is 1. The lowest BCUT2D eigenvalue weighted by atomic mass is 10.0. The van der Waals surface area contributed by atoms with Gasteiger partial charge in [-0.1, -0.05) is 36.4 Å². The standard InChI is InChI=1S/C20H30N2O3/c1-20(2,3)25-19(24)21-18-9-11-22(12-10-18)15-17-7-4-6-16(14-17)8-5-13-23/h4-8,14,18,23H,9-13,15H2,1-3H3,(H,21,24)/b8-5+. The molecule has 5 nitrogen and oxygen atoms in total. The zero-order chi connectivity index (χ0) is 18.3. The van der Waals surface area contributed by atoms with Crippen molar-refractivity contribution in [2.75, 3.05) is 19.7 Å². The summed E-state index contributed by atoms with van der Waals surface area (Å²) >= 11 is 0. The van der Waals surface area contributed by atoms with E-state index in [-0.39, 0.29) is 18.7 Å². The number of rotatable bonds is 5.